The lowest BCUT2D eigenvalue weighted by molar-refractivity contribution is 0.874. The Balaban J connectivity index is 1.80. The molecule has 2 heterocycles. The van der Waals surface area contributed by atoms with Gasteiger partial charge in [-0.15, -0.1) is 23.1 Å². The van der Waals surface area contributed by atoms with Gasteiger partial charge in [-0.05, 0) is 30.7 Å². The van der Waals surface area contributed by atoms with Crippen molar-refractivity contribution in [3.05, 3.63) is 56.2 Å². The minimum absolute atomic E-state index is 0.358. The topological polar surface area (TPSA) is 12.4 Å². The molecule has 1 aromatic carbocycles. The zero-order valence-electron chi connectivity index (χ0n) is 10.6. The molecule has 1 nitrogen and oxygen atoms in total. The van der Waals surface area contributed by atoms with Crippen LogP contribution in [0, 0.1) is 6.92 Å². The van der Waals surface area contributed by atoms with Crippen molar-refractivity contribution in [2.24, 2.45) is 4.99 Å². The number of nitrogens with zero attached hydrogens (tertiary/aromatic N) is 1. The molecule has 19 heavy (non-hydrogen) atoms. The van der Waals surface area contributed by atoms with Crippen molar-refractivity contribution < 1.29 is 0 Å². The fourth-order valence-corrected chi connectivity index (χ4v) is 4.28. The molecule has 0 saturated carbocycles. The Kier molecular flexibility index (Phi) is 3.96. The average molecular weight is 308 g/mol. The Bertz CT molecular complexity index is 618. The molecular formula is C15H14ClNS2. The second-order valence-corrected chi connectivity index (χ2v) is 7.16. The average Bonchev–Trinajstić information content (AvgIpc) is 3.04. The lowest BCUT2D eigenvalue weighted by atomic mass is 10.1. The molecule has 1 aliphatic heterocycles. The van der Waals surface area contributed by atoms with Crippen LogP contribution in [0.4, 0.5) is 0 Å². The van der Waals surface area contributed by atoms with Gasteiger partial charge in [-0.1, -0.05) is 29.3 Å². The van der Waals surface area contributed by atoms with Gasteiger partial charge in [-0.2, -0.15) is 0 Å². The molecule has 4 heteroatoms. The molecule has 1 atom stereocenters. The fraction of sp³-hybridized carbons (Fsp3) is 0.267. The van der Waals surface area contributed by atoms with E-state index in [1.807, 2.05) is 22.9 Å². The summed E-state index contributed by atoms with van der Waals surface area (Å²) in [7, 11) is 0. The van der Waals surface area contributed by atoms with Crippen molar-refractivity contribution in [3.8, 4) is 0 Å². The van der Waals surface area contributed by atoms with Crippen LogP contribution in [-0.4, -0.2) is 11.3 Å². The third kappa shape index (κ3) is 3.04. The van der Waals surface area contributed by atoms with E-state index in [1.165, 1.54) is 20.9 Å². The molecule has 1 aliphatic rings. The molecule has 0 saturated heterocycles. The van der Waals surface area contributed by atoms with E-state index in [2.05, 4.69) is 36.2 Å². The van der Waals surface area contributed by atoms with Gasteiger partial charge >= 0.3 is 0 Å². The van der Waals surface area contributed by atoms with E-state index in [4.69, 9.17) is 11.6 Å². The first-order valence-corrected chi connectivity index (χ1v) is 8.43. The van der Waals surface area contributed by atoms with Crippen LogP contribution >= 0.6 is 34.7 Å². The summed E-state index contributed by atoms with van der Waals surface area (Å²) in [4.78, 5) is 7.20. The van der Waals surface area contributed by atoms with Crippen molar-refractivity contribution in [1.29, 1.82) is 0 Å². The summed E-state index contributed by atoms with van der Waals surface area (Å²) in [5, 5.41) is 0.856. The summed E-state index contributed by atoms with van der Waals surface area (Å²) in [5.74, 6) is 1.07. The smallest absolute Gasteiger partial charge is 0.0941 e. The van der Waals surface area contributed by atoms with Crippen molar-refractivity contribution in [3.63, 3.8) is 0 Å². The molecule has 1 unspecified atom stereocenters. The Morgan fingerprint density at radius 1 is 1.32 bits per heavy atom. The van der Waals surface area contributed by atoms with E-state index in [9.17, 15) is 0 Å². The highest BCUT2D eigenvalue weighted by atomic mass is 35.5. The highest BCUT2D eigenvalue weighted by molar-refractivity contribution is 8.12. The number of benzene rings is 1. The minimum atomic E-state index is 0.358. The number of halogens is 1. The standard InChI is InChI=1S/C15H14ClNS2/c1-10-2-4-13(16)11(6-10)7-12-3-5-15(19-12)14-8-18-9-17-14/h2-6,9,14H,7-8H2,1H3. The highest BCUT2D eigenvalue weighted by Crippen LogP contribution is 2.33. The van der Waals surface area contributed by atoms with E-state index in [0.717, 1.165) is 17.2 Å². The number of hydrogen-bond acceptors (Lipinski definition) is 3. The highest BCUT2D eigenvalue weighted by Gasteiger charge is 2.16. The normalized spacial score (nSPS) is 18.1. The summed E-state index contributed by atoms with van der Waals surface area (Å²) in [6.07, 6.45) is 0.911. The lowest BCUT2D eigenvalue weighted by Gasteiger charge is -2.04. The number of aryl methyl sites for hydroxylation is 1. The van der Waals surface area contributed by atoms with E-state index < -0.39 is 0 Å². The summed E-state index contributed by atoms with van der Waals surface area (Å²) >= 11 is 9.90. The van der Waals surface area contributed by atoms with E-state index in [1.54, 1.807) is 11.8 Å². The largest absolute Gasteiger partial charge is 0.277 e. The number of aliphatic imine (C=N–C) groups is 1. The first-order chi connectivity index (χ1) is 9.22. The number of thioether (sulfide) groups is 1. The van der Waals surface area contributed by atoms with Crippen LogP contribution in [-0.2, 0) is 6.42 Å². The first kappa shape index (κ1) is 13.2. The van der Waals surface area contributed by atoms with Gasteiger partial charge in [0.25, 0.3) is 0 Å². The maximum absolute atomic E-state index is 6.26. The molecule has 98 valence electrons. The van der Waals surface area contributed by atoms with Crippen molar-refractivity contribution in [2.45, 2.75) is 19.4 Å². The van der Waals surface area contributed by atoms with Gasteiger partial charge in [0, 0.05) is 27.0 Å². The molecular weight excluding hydrogens is 294 g/mol. The molecule has 0 bridgehead atoms. The van der Waals surface area contributed by atoms with Crippen LogP contribution in [0.15, 0.2) is 35.3 Å². The monoisotopic (exact) mass is 307 g/mol. The van der Waals surface area contributed by atoms with Gasteiger partial charge in [0.05, 0.1) is 11.6 Å². The van der Waals surface area contributed by atoms with Crippen LogP contribution < -0.4 is 0 Å². The van der Waals surface area contributed by atoms with Crippen molar-refractivity contribution in [1.82, 2.24) is 0 Å². The molecule has 0 N–H and O–H groups in total. The maximum Gasteiger partial charge on any atom is 0.0941 e. The zero-order chi connectivity index (χ0) is 13.2. The Labute approximate surface area is 126 Å². The third-order valence-electron chi connectivity index (χ3n) is 3.15. The molecule has 0 amide bonds. The van der Waals surface area contributed by atoms with Crippen molar-refractivity contribution in [2.75, 3.05) is 5.75 Å². The van der Waals surface area contributed by atoms with Crippen molar-refractivity contribution >= 4 is 40.2 Å². The summed E-state index contributed by atoms with van der Waals surface area (Å²) in [5.41, 5.74) is 4.42. The SMILES string of the molecule is Cc1ccc(Cl)c(Cc2ccc(C3CSC=N3)s2)c1. The molecule has 0 fully saturated rings. The predicted octanol–water partition coefficient (Wildman–Crippen LogP) is 5.12. The Morgan fingerprint density at radius 2 is 2.21 bits per heavy atom. The first-order valence-electron chi connectivity index (χ1n) is 6.19. The van der Waals surface area contributed by atoms with E-state index in [-0.39, 0.29) is 0 Å². The quantitative estimate of drug-likeness (QED) is 0.767. The predicted molar refractivity (Wildman–Crippen MR) is 87.0 cm³/mol. The Hall–Kier alpha value is -0.770. The van der Waals surface area contributed by atoms with Gasteiger partial charge in [-0.3, -0.25) is 4.99 Å². The van der Waals surface area contributed by atoms with Crippen LogP contribution in [0.1, 0.15) is 26.9 Å². The van der Waals surface area contributed by atoms with Gasteiger partial charge in [0.2, 0.25) is 0 Å². The second-order valence-electron chi connectivity index (χ2n) is 4.68. The minimum Gasteiger partial charge on any atom is -0.277 e. The molecule has 1 aromatic heterocycles. The molecule has 0 radical (unpaired) electrons. The fourth-order valence-electron chi connectivity index (χ4n) is 2.14. The van der Waals surface area contributed by atoms with Gasteiger partial charge in [0.1, 0.15) is 0 Å². The van der Waals surface area contributed by atoms with E-state index in [0.29, 0.717) is 6.04 Å². The third-order valence-corrected chi connectivity index (χ3v) is 5.48. The number of rotatable bonds is 3. The maximum atomic E-state index is 6.26. The Morgan fingerprint density at radius 3 is 3.00 bits per heavy atom. The molecule has 0 aliphatic carbocycles. The number of hydrogen-bond donors (Lipinski definition) is 0. The van der Waals surface area contributed by atoms with Crippen LogP contribution in [0.2, 0.25) is 5.02 Å². The summed E-state index contributed by atoms with van der Waals surface area (Å²) in [6, 6.07) is 11.0. The zero-order valence-corrected chi connectivity index (χ0v) is 13.0. The van der Waals surface area contributed by atoms with Gasteiger partial charge in [0.15, 0.2) is 0 Å². The molecule has 0 spiro atoms. The molecule has 3 rings (SSSR count). The summed E-state index contributed by atoms with van der Waals surface area (Å²) < 4.78 is 0. The van der Waals surface area contributed by atoms with Gasteiger partial charge in [-0.25, -0.2) is 0 Å². The van der Waals surface area contributed by atoms with Crippen LogP contribution in [0.5, 0.6) is 0 Å². The van der Waals surface area contributed by atoms with Crippen LogP contribution in [0.3, 0.4) is 0 Å². The second kappa shape index (κ2) is 5.70. The van der Waals surface area contributed by atoms with Crippen LogP contribution in [0.25, 0.3) is 0 Å². The number of thiophene rings is 1. The summed E-state index contributed by atoms with van der Waals surface area (Å²) in [6.45, 7) is 2.10. The lowest BCUT2D eigenvalue weighted by Crippen LogP contribution is -1.89. The van der Waals surface area contributed by atoms with Gasteiger partial charge < -0.3 is 0 Å². The van der Waals surface area contributed by atoms with E-state index >= 15 is 0 Å². The molecule has 2 aromatic rings.